The van der Waals surface area contributed by atoms with Crippen LogP contribution in [0.25, 0.3) is 0 Å². The van der Waals surface area contributed by atoms with E-state index < -0.39 is 59.4 Å². The maximum absolute atomic E-state index is 11.2. The number of carboxylic acids is 2. The Bertz CT molecular complexity index is 532. The van der Waals surface area contributed by atoms with Crippen LogP contribution in [-0.2, 0) is 38.2 Å². The highest BCUT2D eigenvalue weighted by atomic mass is 35.5. The summed E-state index contributed by atoms with van der Waals surface area (Å²) in [5.74, 6) is -8.22. The third-order valence-corrected chi connectivity index (χ3v) is 2.64. The van der Waals surface area contributed by atoms with Crippen molar-refractivity contribution in [3.8, 4) is 0 Å². The molecule has 0 aromatic carbocycles. The van der Waals surface area contributed by atoms with Gasteiger partial charge in [0, 0.05) is 12.2 Å². The average molecular weight is 385 g/mol. The Labute approximate surface area is 143 Å². The number of esters is 4. The van der Waals surface area contributed by atoms with Crippen LogP contribution in [0.15, 0.2) is 12.2 Å². The number of carbonyl (C=O) groups is 6. The number of hydrogen-bond donors (Lipinski definition) is 2. The zero-order chi connectivity index (χ0) is 18.9. The molecule has 2 N–H and O–H groups in total. The van der Waals surface area contributed by atoms with E-state index >= 15 is 0 Å². The molecule has 0 bridgehead atoms. The van der Waals surface area contributed by atoms with Crippen molar-refractivity contribution in [3.63, 3.8) is 0 Å². The van der Waals surface area contributed by atoms with E-state index in [1.165, 1.54) is 0 Å². The molecule has 0 aromatic heterocycles. The summed E-state index contributed by atoms with van der Waals surface area (Å²) in [6.45, 7) is 0. The van der Waals surface area contributed by atoms with Gasteiger partial charge < -0.3 is 19.7 Å². The zero-order valence-electron chi connectivity index (χ0n) is 11.6. The predicted octanol–water partition coefficient (Wildman–Crippen LogP) is -0.154. The second kappa shape index (κ2) is 10.3. The third-order valence-electron chi connectivity index (χ3n) is 1.98. The molecule has 2 atom stereocenters. The van der Waals surface area contributed by atoms with E-state index in [0.717, 1.165) is 0 Å². The van der Waals surface area contributed by atoms with Crippen LogP contribution in [0.3, 0.4) is 0 Å². The fourth-order valence-electron chi connectivity index (χ4n) is 1.00. The van der Waals surface area contributed by atoms with Crippen LogP contribution < -0.4 is 0 Å². The molecular formula is C12H10Cl2O10. The predicted molar refractivity (Wildman–Crippen MR) is 75.1 cm³/mol. The lowest BCUT2D eigenvalue weighted by Gasteiger charge is -2.05. The van der Waals surface area contributed by atoms with E-state index in [2.05, 4.69) is 9.47 Å². The molecule has 24 heavy (non-hydrogen) atoms. The van der Waals surface area contributed by atoms with Crippen molar-refractivity contribution < 1.29 is 48.5 Å². The Kier molecular flexibility index (Phi) is 9.28. The van der Waals surface area contributed by atoms with Gasteiger partial charge in [-0.3, -0.25) is 9.59 Å². The summed E-state index contributed by atoms with van der Waals surface area (Å²) >= 11 is 10.7. The highest BCUT2D eigenvalue weighted by Crippen LogP contribution is 2.06. The second-order valence-corrected chi connectivity index (χ2v) is 5.00. The standard InChI is InChI=1S/C12H10Cl2O10/c13-5(3-7(15)16)11(21)23-9(19)1-2-10(20)24-12(22)6(14)4-8(17)18/h1-2,5-6H,3-4H2,(H,15,16)(H,17,18)/b2-1-. The Morgan fingerprint density at radius 2 is 1.04 bits per heavy atom. The lowest BCUT2D eigenvalue weighted by Crippen LogP contribution is -2.24. The van der Waals surface area contributed by atoms with E-state index in [9.17, 15) is 28.8 Å². The van der Waals surface area contributed by atoms with Gasteiger partial charge in [0.05, 0.1) is 12.8 Å². The molecule has 0 aliphatic carbocycles. The van der Waals surface area contributed by atoms with Crippen LogP contribution in [0.4, 0.5) is 0 Å². The number of carboxylic acid groups (broad SMARTS) is 2. The SMILES string of the molecule is O=C(O)CC(Cl)C(=O)OC(=O)/C=C\C(=O)OC(=O)C(Cl)CC(=O)O. The molecule has 2 unspecified atom stereocenters. The number of hydrogen-bond acceptors (Lipinski definition) is 8. The number of alkyl halides is 2. The normalized spacial score (nSPS) is 12.9. The third kappa shape index (κ3) is 9.54. The van der Waals surface area contributed by atoms with E-state index in [1.807, 2.05) is 0 Å². The molecule has 0 radical (unpaired) electrons. The van der Waals surface area contributed by atoms with Gasteiger partial charge in [-0.1, -0.05) is 0 Å². The number of aliphatic carboxylic acids is 2. The minimum Gasteiger partial charge on any atom is -0.481 e. The monoisotopic (exact) mass is 384 g/mol. The number of rotatable bonds is 8. The fraction of sp³-hybridized carbons (Fsp3) is 0.333. The van der Waals surface area contributed by atoms with Gasteiger partial charge in [0.25, 0.3) is 0 Å². The lowest BCUT2D eigenvalue weighted by atomic mass is 10.3. The molecule has 0 aliphatic rings. The van der Waals surface area contributed by atoms with Gasteiger partial charge >= 0.3 is 35.8 Å². The van der Waals surface area contributed by atoms with E-state index in [-0.39, 0.29) is 0 Å². The Morgan fingerprint density at radius 1 is 0.750 bits per heavy atom. The van der Waals surface area contributed by atoms with E-state index in [0.29, 0.717) is 12.2 Å². The second-order valence-electron chi connectivity index (χ2n) is 3.94. The molecular weight excluding hydrogens is 375 g/mol. The van der Waals surface area contributed by atoms with Crippen molar-refractivity contribution in [2.75, 3.05) is 0 Å². The quantitative estimate of drug-likeness (QED) is 0.249. The lowest BCUT2D eigenvalue weighted by molar-refractivity contribution is -0.159. The molecule has 10 nitrogen and oxygen atoms in total. The highest BCUT2D eigenvalue weighted by molar-refractivity contribution is 6.32. The van der Waals surface area contributed by atoms with Gasteiger partial charge in [0.2, 0.25) is 0 Å². The summed E-state index contributed by atoms with van der Waals surface area (Å²) in [7, 11) is 0. The first-order valence-corrected chi connectivity index (χ1v) is 6.81. The molecule has 12 heteroatoms. The first kappa shape index (κ1) is 21.5. The van der Waals surface area contributed by atoms with Crippen LogP contribution in [0.1, 0.15) is 12.8 Å². The zero-order valence-corrected chi connectivity index (χ0v) is 13.2. The molecule has 0 rings (SSSR count). The molecule has 0 heterocycles. The Hall–Kier alpha value is -2.46. The minimum atomic E-state index is -1.61. The van der Waals surface area contributed by atoms with Gasteiger partial charge in [-0.2, -0.15) is 0 Å². The largest absolute Gasteiger partial charge is 0.481 e. The molecule has 0 saturated heterocycles. The van der Waals surface area contributed by atoms with Crippen LogP contribution in [0.2, 0.25) is 0 Å². The van der Waals surface area contributed by atoms with Crippen LogP contribution >= 0.6 is 23.2 Å². The maximum Gasteiger partial charge on any atom is 0.338 e. The molecule has 132 valence electrons. The summed E-state index contributed by atoms with van der Waals surface area (Å²) in [6, 6.07) is 0. The van der Waals surface area contributed by atoms with Crippen LogP contribution in [0, 0.1) is 0 Å². The topological polar surface area (TPSA) is 161 Å². The minimum absolute atomic E-state index is 0.415. The maximum atomic E-state index is 11.2. The summed E-state index contributed by atoms with van der Waals surface area (Å²) in [6.07, 6.45) is -0.736. The molecule has 0 amide bonds. The average Bonchev–Trinajstić information content (AvgIpc) is 2.43. The van der Waals surface area contributed by atoms with Gasteiger partial charge in [0.1, 0.15) is 10.8 Å². The van der Waals surface area contributed by atoms with Crippen molar-refractivity contribution in [2.45, 2.75) is 23.6 Å². The van der Waals surface area contributed by atoms with Crippen molar-refractivity contribution in [1.29, 1.82) is 0 Å². The number of halogens is 2. The summed E-state index contributed by atoms with van der Waals surface area (Å²) < 4.78 is 8.22. The summed E-state index contributed by atoms with van der Waals surface area (Å²) in [4.78, 5) is 65.4. The smallest absolute Gasteiger partial charge is 0.338 e. The van der Waals surface area contributed by atoms with Crippen molar-refractivity contribution in [2.24, 2.45) is 0 Å². The molecule has 0 aliphatic heterocycles. The first-order chi connectivity index (χ1) is 11.0. The highest BCUT2D eigenvalue weighted by Gasteiger charge is 2.24. The Balaban J connectivity index is 4.42. The molecule has 0 saturated carbocycles. The van der Waals surface area contributed by atoms with Crippen molar-refractivity contribution in [1.82, 2.24) is 0 Å². The molecule has 0 fully saturated rings. The fourth-order valence-corrected chi connectivity index (χ4v) is 1.36. The van der Waals surface area contributed by atoms with Crippen molar-refractivity contribution in [3.05, 3.63) is 12.2 Å². The van der Waals surface area contributed by atoms with Crippen molar-refractivity contribution >= 4 is 59.0 Å². The molecule has 0 aromatic rings. The number of ether oxygens (including phenoxy) is 2. The van der Waals surface area contributed by atoms with Gasteiger partial charge in [0.15, 0.2) is 0 Å². The van der Waals surface area contributed by atoms with E-state index in [1.54, 1.807) is 0 Å². The van der Waals surface area contributed by atoms with E-state index in [4.69, 9.17) is 33.4 Å². The van der Waals surface area contributed by atoms with Gasteiger partial charge in [-0.05, 0) is 0 Å². The Morgan fingerprint density at radius 3 is 1.29 bits per heavy atom. The van der Waals surface area contributed by atoms with Gasteiger partial charge in [-0.15, -0.1) is 23.2 Å². The number of carbonyl (C=O) groups excluding carboxylic acids is 4. The summed E-state index contributed by atoms with van der Waals surface area (Å²) in [5.41, 5.74) is 0. The van der Waals surface area contributed by atoms with Crippen LogP contribution in [0.5, 0.6) is 0 Å². The first-order valence-electron chi connectivity index (χ1n) is 5.94. The summed E-state index contributed by atoms with van der Waals surface area (Å²) in [5, 5.41) is 13.6. The van der Waals surface area contributed by atoms with Gasteiger partial charge in [-0.25, -0.2) is 19.2 Å². The molecule has 0 spiro atoms. The van der Waals surface area contributed by atoms with Crippen LogP contribution in [-0.4, -0.2) is 56.8 Å².